The second kappa shape index (κ2) is 6.75. The number of hydrogen-bond acceptors (Lipinski definition) is 3. The molecular formula is C15H24O3Si. The Bertz CT molecular complexity index is 406. The molecule has 0 radical (unpaired) electrons. The molecule has 0 unspecified atom stereocenters. The number of ether oxygens (including phenoxy) is 2. The lowest BCUT2D eigenvalue weighted by molar-refractivity contribution is -0.149. The lowest BCUT2D eigenvalue weighted by atomic mass is 10.2. The van der Waals surface area contributed by atoms with Gasteiger partial charge >= 0.3 is 5.97 Å². The van der Waals surface area contributed by atoms with Crippen LogP contribution in [-0.4, -0.2) is 26.4 Å². The molecule has 0 aliphatic carbocycles. The Morgan fingerprint density at radius 2 is 1.79 bits per heavy atom. The minimum absolute atomic E-state index is 0.290. The number of carbonyl (C=O) groups excluding carboxylic acids is 1. The zero-order chi connectivity index (χ0) is 14.5. The minimum atomic E-state index is -1.37. The van der Waals surface area contributed by atoms with Crippen molar-refractivity contribution in [2.45, 2.75) is 46.0 Å². The average Bonchev–Trinajstić information content (AvgIpc) is 2.36. The van der Waals surface area contributed by atoms with E-state index in [-0.39, 0.29) is 5.97 Å². The summed E-state index contributed by atoms with van der Waals surface area (Å²) >= 11 is 0. The van der Waals surface area contributed by atoms with Crippen LogP contribution in [0.1, 0.15) is 19.4 Å². The second-order valence-corrected chi connectivity index (χ2v) is 11.3. The normalized spacial score (nSPS) is 12.9. The van der Waals surface area contributed by atoms with Crippen LogP contribution in [0, 0.1) is 0 Å². The van der Waals surface area contributed by atoms with Gasteiger partial charge in [-0.15, -0.1) is 0 Å². The predicted octanol–water partition coefficient (Wildman–Crippen LogP) is 3.44. The first-order valence-electron chi connectivity index (χ1n) is 6.74. The number of hydrogen-bond donors (Lipinski definition) is 0. The summed E-state index contributed by atoms with van der Waals surface area (Å²) in [6, 6.07) is 7.80. The van der Waals surface area contributed by atoms with E-state index in [0.717, 1.165) is 6.42 Å². The highest BCUT2D eigenvalue weighted by Crippen LogP contribution is 2.15. The maximum absolute atomic E-state index is 11.8. The van der Waals surface area contributed by atoms with Crippen LogP contribution in [0.2, 0.25) is 19.6 Å². The Balaban J connectivity index is 2.49. The summed E-state index contributed by atoms with van der Waals surface area (Å²) in [5.74, 6) is 0.414. The number of carbonyl (C=O) groups is 1. The largest absolute Gasteiger partial charge is 0.479 e. The molecule has 0 aliphatic heterocycles. The predicted molar refractivity (Wildman–Crippen MR) is 80.2 cm³/mol. The van der Waals surface area contributed by atoms with Gasteiger partial charge in [0.2, 0.25) is 0 Å². The molecule has 1 rings (SSSR count). The van der Waals surface area contributed by atoms with Crippen molar-refractivity contribution in [2.75, 3.05) is 6.23 Å². The van der Waals surface area contributed by atoms with Gasteiger partial charge in [0.15, 0.2) is 6.10 Å². The molecule has 0 N–H and O–H groups in total. The van der Waals surface area contributed by atoms with Crippen molar-refractivity contribution in [3.05, 3.63) is 29.8 Å². The van der Waals surface area contributed by atoms with Crippen LogP contribution >= 0.6 is 0 Å². The van der Waals surface area contributed by atoms with Gasteiger partial charge in [0, 0.05) is 0 Å². The first-order chi connectivity index (χ1) is 8.81. The van der Waals surface area contributed by atoms with Crippen molar-refractivity contribution in [2.24, 2.45) is 0 Å². The molecule has 0 saturated heterocycles. The molecule has 0 aromatic heterocycles. The van der Waals surface area contributed by atoms with Crippen LogP contribution in [0.5, 0.6) is 5.75 Å². The van der Waals surface area contributed by atoms with Crippen molar-refractivity contribution >= 4 is 14.0 Å². The zero-order valence-electron chi connectivity index (χ0n) is 12.5. The van der Waals surface area contributed by atoms with Gasteiger partial charge < -0.3 is 9.47 Å². The summed E-state index contributed by atoms with van der Waals surface area (Å²) in [4.78, 5) is 11.8. The van der Waals surface area contributed by atoms with Gasteiger partial charge in [-0.3, -0.25) is 0 Å². The maximum atomic E-state index is 11.8. The van der Waals surface area contributed by atoms with E-state index in [1.54, 1.807) is 6.92 Å². The summed E-state index contributed by atoms with van der Waals surface area (Å²) in [7, 11) is -1.37. The summed E-state index contributed by atoms with van der Waals surface area (Å²) < 4.78 is 10.9. The number of aryl methyl sites for hydroxylation is 1. The monoisotopic (exact) mass is 280 g/mol. The second-order valence-electron chi connectivity index (χ2n) is 5.93. The van der Waals surface area contributed by atoms with E-state index in [9.17, 15) is 4.79 Å². The summed E-state index contributed by atoms with van der Waals surface area (Å²) in [6.45, 7) is 10.3. The van der Waals surface area contributed by atoms with E-state index in [4.69, 9.17) is 9.47 Å². The Morgan fingerprint density at radius 1 is 1.21 bits per heavy atom. The Hall–Kier alpha value is -1.29. The van der Waals surface area contributed by atoms with Crippen molar-refractivity contribution in [3.63, 3.8) is 0 Å². The maximum Gasteiger partial charge on any atom is 0.346 e. The quantitative estimate of drug-likeness (QED) is 0.591. The van der Waals surface area contributed by atoms with E-state index < -0.39 is 14.2 Å². The van der Waals surface area contributed by atoms with E-state index in [1.165, 1.54) is 5.56 Å². The van der Waals surface area contributed by atoms with E-state index in [2.05, 4.69) is 26.6 Å². The van der Waals surface area contributed by atoms with Crippen molar-refractivity contribution in [1.29, 1.82) is 0 Å². The lowest BCUT2D eigenvalue weighted by Crippen LogP contribution is -2.34. The average molecular weight is 280 g/mol. The molecule has 1 aromatic carbocycles. The minimum Gasteiger partial charge on any atom is -0.479 e. The fourth-order valence-corrected chi connectivity index (χ4v) is 2.04. The molecule has 0 saturated carbocycles. The summed E-state index contributed by atoms with van der Waals surface area (Å²) in [6.07, 6.45) is 0.964. The highest BCUT2D eigenvalue weighted by molar-refractivity contribution is 6.76. The van der Waals surface area contributed by atoms with Crippen LogP contribution in [0.25, 0.3) is 0 Å². The van der Waals surface area contributed by atoms with Crippen molar-refractivity contribution in [1.82, 2.24) is 0 Å². The van der Waals surface area contributed by atoms with Gasteiger partial charge in [0.1, 0.15) is 5.75 Å². The topological polar surface area (TPSA) is 35.5 Å². The fourth-order valence-electron chi connectivity index (χ4n) is 1.46. The first kappa shape index (κ1) is 15.8. The van der Waals surface area contributed by atoms with Gasteiger partial charge in [0.05, 0.1) is 14.3 Å². The molecule has 0 spiro atoms. The summed E-state index contributed by atoms with van der Waals surface area (Å²) in [5.41, 5.74) is 1.25. The molecule has 0 amide bonds. The zero-order valence-corrected chi connectivity index (χ0v) is 13.5. The van der Waals surface area contributed by atoms with Gasteiger partial charge in [-0.05, 0) is 31.0 Å². The molecule has 4 heteroatoms. The SMILES string of the molecule is CCc1ccc(O[C@H](C)C(=O)OC[Si](C)(C)C)cc1. The van der Waals surface area contributed by atoms with Crippen LogP contribution in [0.3, 0.4) is 0 Å². The number of rotatable bonds is 6. The number of benzene rings is 1. The molecule has 3 nitrogen and oxygen atoms in total. The Labute approximate surface area is 116 Å². The molecule has 0 bridgehead atoms. The molecule has 19 heavy (non-hydrogen) atoms. The third-order valence-electron chi connectivity index (χ3n) is 2.62. The molecule has 1 atom stereocenters. The Kier molecular flexibility index (Phi) is 5.60. The van der Waals surface area contributed by atoms with Gasteiger partial charge in [0.25, 0.3) is 0 Å². The highest BCUT2D eigenvalue weighted by atomic mass is 28.3. The van der Waals surface area contributed by atoms with Gasteiger partial charge in [-0.25, -0.2) is 4.79 Å². The fraction of sp³-hybridized carbons (Fsp3) is 0.533. The third kappa shape index (κ3) is 5.92. The molecular weight excluding hydrogens is 256 g/mol. The Morgan fingerprint density at radius 3 is 2.26 bits per heavy atom. The van der Waals surface area contributed by atoms with Crippen molar-refractivity contribution < 1.29 is 14.3 Å². The summed E-state index contributed by atoms with van der Waals surface area (Å²) in [5, 5.41) is 0. The first-order valence-corrected chi connectivity index (χ1v) is 10.4. The highest BCUT2D eigenvalue weighted by Gasteiger charge is 2.21. The van der Waals surface area contributed by atoms with E-state index in [0.29, 0.717) is 12.0 Å². The molecule has 0 fully saturated rings. The third-order valence-corrected chi connectivity index (χ3v) is 3.63. The van der Waals surface area contributed by atoms with Crippen LogP contribution in [-0.2, 0) is 16.0 Å². The van der Waals surface area contributed by atoms with Gasteiger partial charge in [-0.1, -0.05) is 38.7 Å². The molecule has 0 aliphatic rings. The standard InChI is InChI=1S/C15H24O3Si/c1-6-13-7-9-14(10-8-13)18-12(2)15(16)17-11-19(3,4)5/h7-10,12H,6,11H2,1-5H3/t12-/m1/s1. The van der Waals surface area contributed by atoms with Crippen LogP contribution < -0.4 is 4.74 Å². The molecule has 0 heterocycles. The van der Waals surface area contributed by atoms with Crippen molar-refractivity contribution in [3.8, 4) is 5.75 Å². The van der Waals surface area contributed by atoms with E-state index >= 15 is 0 Å². The number of esters is 1. The molecule has 1 aromatic rings. The lowest BCUT2D eigenvalue weighted by Gasteiger charge is -2.19. The van der Waals surface area contributed by atoms with E-state index in [1.807, 2.05) is 24.3 Å². The van der Waals surface area contributed by atoms with Crippen LogP contribution in [0.4, 0.5) is 0 Å². The van der Waals surface area contributed by atoms with Crippen LogP contribution in [0.15, 0.2) is 24.3 Å². The molecule has 106 valence electrons. The smallest absolute Gasteiger partial charge is 0.346 e. The van der Waals surface area contributed by atoms with Gasteiger partial charge in [-0.2, -0.15) is 0 Å².